The molecule has 0 saturated heterocycles. The number of hydrogen-bond donors (Lipinski definition) is 1. The summed E-state index contributed by atoms with van der Waals surface area (Å²) in [5, 5.41) is 11.4. The van der Waals surface area contributed by atoms with Gasteiger partial charge in [0.2, 0.25) is 0 Å². The summed E-state index contributed by atoms with van der Waals surface area (Å²) < 4.78 is 8.23. The Morgan fingerprint density at radius 3 is 2.57 bits per heavy atom. The molecule has 0 aliphatic heterocycles. The van der Waals surface area contributed by atoms with Crippen molar-refractivity contribution in [2.75, 3.05) is 13.7 Å². The molecule has 1 aromatic heterocycles. The Bertz CT molecular complexity index is 548. The van der Waals surface area contributed by atoms with Gasteiger partial charge in [-0.15, -0.1) is 5.10 Å². The quantitative estimate of drug-likeness (QED) is 0.778. The van der Waals surface area contributed by atoms with Gasteiger partial charge in [-0.25, -0.2) is 4.68 Å². The molecule has 0 fully saturated rings. The summed E-state index contributed by atoms with van der Waals surface area (Å²) >= 11 is 3.45. The molecule has 1 unspecified atom stereocenters. The number of aryl methyl sites for hydroxylation is 1. The largest absolute Gasteiger partial charge is 0.494 e. The molecule has 2 rings (SSSR count). The number of hydrogen-bond acceptors (Lipinski definition) is 4. The molecular weight excluding hydrogens is 332 g/mol. The lowest BCUT2D eigenvalue weighted by atomic mass is 10.0. The van der Waals surface area contributed by atoms with Crippen molar-refractivity contribution >= 4 is 15.9 Å². The van der Waals surface area contributed by atoms with Crippen LogP contribution in [0.5, 0.6) is 5.75 Å². The monoisotopic (exact) mass is 352 g/mol. The van der Waals surface area contributed by atoms with E-state index >= 15 is 0 Å². The van der Waals surface area contributed by atoms with E-state index in [0.29, 0.717) is 0 Å². The Balaban J connectivity index is 2.16. The van der Waals surface area contributed by atoms with Crippen molar-refractivity contribution in [2.24, 2.45) is 7.05 Å². The van der Waals surface area contributed by atoms with Crippen LogP contribution in [0.4, 0.5) is 0 Å². The Morgan fingerprint density at radius 1 is 1.33 bits per heavy atom. The van der Waals surface area contributed by atoms with Crippen molar-refractivity contribution in [3.05, 3.63) is 40.1 Å². The minimum absolute atomic E-state index is 0.0315. The highest BCUT2D eigenvalue weighted by molar-refractivity contribution is 9.10. The fourth-order valence-corrected chi connectivity index (χ4v) is 2.75. The van der Waals surface area contributed by atoms with Gasteiger partial charge in [0, 0.05) is 7.05 Å². The molecule has 0 spiro atoms. The van der Waals surface area contributed by atoms with Gasteiger partial charge in [0.05, 0.1) is 18.3 Å². The van der Waals surface area contributed by atoms with E-state index < -0.39 is 0 Å². The maximum absolute atomic E-state index is 5.69. The van der Waals surface area contributed by atoms with Crippen LogP contribution in [0.2, 0.25) is 0 Å². The second kappa shape index (κ2) is 7.56. The average Bonchev–Trinajstić information content (AvgIpc) is 2.82. The summed E-state index contributed by atoms with van der Waals surface area (Å²) in [5.41, 5.74) is 2.14. The van der Waals surface area contributed by atoms with Gasteiger partial charge < -0.3 is 10.1 Å². The van der Waals surface area contributed by atoms with E-state index in [0.717, 1.165) is 41.1 Å². The molecule has 6 heteroatoms. The minimum Gasteiger partial charge on any atom is -0.494 e. The second-order valence-corrected chi connectivity index (χ2v) is 5.63. The molecule has 0 aliphatic rings. The van der Waals surface area contributed by atoms with Crippen LogP contribution in [0.1, 0.15) is 37.1 Å². The zero-order valence-electron chi connectivity index (χ0n) is 12.6. The van der Waals surface area contributed by atoms with Crippen LogP contribution in [0.15, 0.2) is 28.9 Å². The topological polar surface area (TPSA) is 52.0 Å². The van der Waals surface area contributed by atoms with E-state index in [1.165, 1.54) is 0 Å². The predicted molar refractivity (Wildman–Crippen MR) is 86.5 cm³/mol. The van der Waals surface area contributed by atoms with Gasteiger partial charge in [0.15, 0.2) is 4.60 Å². The molecule has 0 aliphatic carbocycles. The number of benzene rings is 1. The Morgan fingerprint density at radius 2 is 2.05 bits per heavy atom. The number of aromatic nitrogens is 3. The molecule has 0 bridgehead atoms. The third-order valence-corrected chi connectivity index (χ3v) is 3.93. The first-order chi connectivity index (χ1) is 10.2. The fraction of sp³-hybridized carbons (Fsp3) is 0.467. The third-order valence-electron chi connectivity index (χ3n) is 3.37. The SMILES string of the molecule is CCCCOc1ccc(C(NC)c2c(Br)nnn2C)cc1. The van der Waals surface area contributed by atoms with Gasteiger partial charge in [-0.2, -0.15) is 0 Å². The lowest BCUT2D eigenvalue weighted by Crippen LogP contribution is -2.21. The summed E-state index contributed by atoms with van der Waals surface area (Å²) in [6.07, 6.45) is 2.22. The molecule has 2 aromatic rings. The average molecular weight is 353 g/mol. The van der Waals surface area contributed by atoms with Crippen LogP contribution in [0, 0.1) is 0 Å². The maximum atomic E-state index is 5.69. The number of unbranched alkanes of at least 4 members (excludes halogenated alkanes) is 1. The molecule has 1 N–H and O–H groups in total. The van der Waals surface area contributed by atoms with Gasteiger partial charge in [0.1, 0.15) is 5.75 Å². The number of ether oxygens (including phenoxy) is 1. The van der Waals surface area contributed by atoms with Crippen molar-refractivity contribution in [3.8, 4) is 5.75 Å². The molecule has 21 heavy (non-hydrogen) atoms. The van der Waals surface area contributed by atoms with Crippen LogP contribution in [0.3, 0.4) is 0 Å². The van der Waals surface area contributed by atoms with E-state index in [9.17, 15) is 0 Å². The molecule has 1 aromatic carbocycles. The predicted octanol–water partition coefficient (Wildman–Crippen LogP) is 3.07. The number of nitrogens with zero attached hydrogens (tertiary/aromatic N) is 3. The molecule has 114 valence electrons. The van der Waals surface area contributed by atoms with Crippen molar-refractivity contribution in [3.63, 3.8) is 0 Å². The molecule has 1 atom stereocenters. The van der Waals surface area contributed by atoms with Crippen LogP contribution >= 0.6 is 15.9 Å². The summed E-state index contributed by atoms with van der Waals surface area (Å²) in [7, 11) is 3.81. The maximum Gasteiger partial charge on any atom is 0.153 e. The van der Waals surface area contributed by atoms with E-state index in [-0.39, 0.29) is 6.04 Å². The third kappa shape index (κ3) is 3.83. The van der Waals surface area contributed by atoms with Gasteiger partial charge in [-0.1, -0.05) is 30.7 Å². The van der Waals surface area contributed by atoms with Crippen LogP contribution < -0.4 is 10.1 Å². The molecule has 0 radical (unpaired) electrons. The Hall–Kier alpha value is -1.40. The van der Waals surface area contributed by atoms with Crippen molar-refractivity contribution in [1.82, 2.24) is 20.3 Å². The molecule has 5 nitrogen and oxygen atoms in total. The molecule has 1 heterocycles. The first kappa shape index (κ1) is 16.0. The number of halogens is 1. The van der Waals surface area contributed by atoms with Gasteiger partial charge in [-0.3, -0.25) is 0 Å². The minimum atomic E-state index is 0.0315. The lowest BCUT2D eigenvalue weighted by Gasteiger charge is -2.17. The van der Waals surface area contributed by atoms with Gasteiger partial charge in [-0.05, 0) is 47.1 Å². The molecule has 0 amide bonds. The van der Waals surface area contributed by atoms with E-state index in [4.69, 9.17) is 4.74 Å². The highest BCUT2D eigenvalue weighted by Gasteiger charge is 2.20. The standard InChI is InChI=1S/C15H21BrN4O/c1-4-5-10-21-12-8-6-11(7-9-12)13(17-2)14-15(16)18-19-20(14)3/h6-9,13,17H,4-5,10H2,1-3H3. The van der Waals surface area contributed by atoms with Crippen LogP contribution in [-0.2, 0) is 7.05 Å². The number of nitrogens with one attached hydrogen (secondary N) is 1. The first-order valence-electron chi connectivity index (χ1n) is 7.12. The normalized spacial score (nSPS) is 12.4. The van der Waals surface area contributed by atoms with Crippen molar-refractivity contribution in [1.29, 1.82) is 0 Å². The van der Waals surface area contributed by atoms with Gasteiger partial charge in [0.25, 0.3) is 0 Å². The highest BCUT2D eigenvalue weighted by atomic mass is 79.9. The second-order valence-electron chi connectivity index (χ2n) is 4.88. The zero-order chi connectivity index (χ0) is 15.2. The summed E-state index contributed by atoms with van der Waals surface area (Å²) in [6, 6.07) is 8.19. The first-order valence-corrected chi connectivity index (χ1v) is 7.91. The lowest BCUT2D eigenvalue weighted by molar-refractivity contribution is 0.309. The summed E-state index contributed by atoms with van der Waals surface area (Å²) in [5.74, 6) is 0.907. The van der Waals surface area contributed by atoms with Crippen LogP contribution in [0.25, 0.3) is 0 Å². The molecular formula is C15H21BrN4O. The van der Waals surface area contributed by atoms with E-state index in [1.54, 1.807) is 4.68 Å². The van der Waals surface area contributed by atoms with Crippen LogP contribution in [-0.4, -0.2) is 28.6 Å². The molecule has 0 saturated carbocycles. The van der Waals surface area contributed by atoms with E-state index in [1.807, 2.05) is 26.2 Å². The van der Waals surface area contributed by atoms with Crippen molar-refractivity contribution in [2.45, 2.75) is 25.8 Å². The smallest absolute Gasteiger partial charge is 0.153 e. The summed E-state index contributed by atoms with van der Waals surface area (Å²) in [6.45, 7) is 2.92. The Kier molecular flexibility index (Phi) is 5.76. The van der Waals surface area contributed by atoms with E-state index in [2.05, 4.69) is 50.6 Å². The zero-order valence-corrected chi connectivity index (χ0v) is 14.2. The summed E-state index contributed by atoms with van der Waals surface area (Å²) in [4.78, 5) is 0. The van der Waals surface area contributed by atoms with Gasteiger partial charge >= 0.3 is 0 Å². The van der Waals surface area contributed by atoms with Crippen molar-refractivity contribution < 1.29 is 4.74 Å². The number of rotatable bonds is 7. The fourth-order valence-electron chi connectivity index (χ4n) is 2.20. The Labute approximate surface area is 133 Å². The highest BCUT2D eigenvalue weighted by Crippen LogP contribution is 2.27.